The lowest BCUT2D eigenvalue weighted by Crippen LogP contribution is -2.02. The number of fused-ring (bicyclic) bond motifs is 9. The van der Waals surface area contributed by atoms with Crippen molar-refractivity contribution < 1.29 is 4.42 Å². The molecular formula is C50H31N5O. The predicted octanol–water partition coefficient (Wildman–Crippen LogP) is 12.7. The van der Waals surface area contributed by atoms with Crippen molar-refractivity contribution in [2.24, 2.45) is 0 Å². The highest BCUT2D eigenvalue weighted by atomic mass is 16.3. The summed E-state index contributed by atoms with van der Waals surface area (Å²) in [5.74, 6) is 1.59. The third kappa shape index (κ3) is 4.44. The molecule has 0 fully saturated rings. The van der Waals surface area contributed by atoms with Gasteiger partial charge in [-0.1, -0.05) is 127 Å². The Hall–Kier alpha value is -7.70. The van der Waals surface area contributed by atoms with Crippen molar-refractivity contribution in [2.45, 2.75) is 0 Å². The number of benzene rings is 8. The maximum Gasteiger partial charge on any atom is 0.168 e. The summed E-state index contributed by atoms with van der Waals surface area (Å²) in [7, 11) is 0. The van der Waals surface area contributed by atoms with E-state index in [9.17, 15) is 0 Å². The molecule has 0 spiro atoms. The molecule has 262 valence electrons. The second kappa shape index (κ2) is 11.9. The summed E-state index contributed by atoms with van der Waals surface area (Å²) in [4.78, 5) is 0. The van der Waals surface area contributed by atoms with Gasteiger partial charge < -0.3 is 13.6 Å². The molecule has 12 rings (SSSR count). The molecule has 0 radical (unpaired) electrons. The smallest absolute Gasteiger partial charge is 0.168 e. The molecule has 0 amide bonds. The minimum Gasteiger partial charge on any atom is -0.456 e. The highest BCUT2D eigenvalue weighted by Gasteiger charge is 2.23. The first-order valence-electron chi connectivity index (χ1n) is 18.8. The molecule has 4 aromatic heterocycles. The number of nitrogens with zero attached hydrogens (tertiary/aromatic N) is 5. The van der Waals surface area contributed by atoms with Crippen LogP contribution in [0, 0.1) is 0 Å². The zero-order valence-corrected chi connectivity index (χ0v) is 30.0. The molecule has 6 heteroatoms. The monoisotopic (exact) mass is 717 g/mol. The Kier molecular flexibility index (Phi) is 6.53. The van der Waals surface area contributed by atoms with Crippen molar-refractivity contribution in [3.05, 3.63) is 188 Å². The fourth-order valence-corrected chi connectivity index (χ4v) is 8.76. The molecule has 6 nitrogen and oxygen atoms in total. The Balaban J connectivity index is 1.12. The average Bonchev–Trinajstić information content (AvgIpc) is 4.03. The van der Waals surface area contributed by atoms with Gasteiger partial charge in [0, 0.05) is 54.8 Å². The Morgan fingerprint density at radius 3 is 1.61 bits per heavy atom. The molecule has 0 saturated carbocycles. The molecule has 0 bridgehead atoms. The summed E-state index contributed by atoms with van der Waals surface area (Å²) >= 11 is 0. The largest absolute Gasteiger partial charge is 0.456 e. The van der Waals surface area contributed by atoms with Crippen LogP contribution < -0.4 is 0 Å². The first-order valence-corrected chi connectivity index (χ1v) is 18.8. The van der Waals surface area contributed by atoms with E-state index in [0.717, 1.165) is 100 Å². The third-order valence-electron chi connectivity index (χ3n) is 11.2. The van der Waals surface area contributed by atoms with Gasteiger partial charge in [-0.25, -0.2) is 0 Å². The molecule has 0 aliphatic rings. The number of hydrogen-bond donors (Lipinski definition) is 0. The van der Waals surface area contributed by atoms with E-state index in [-0.39, 0.29) is 0 Å². The molecule has 0 aliphatic heterocycles. The van der Waals surface area contributed by atoms with Crippen molar-refractivity contribution >= 4 is 65.6 Å². The van der Waals surface area contributed by atoms with E-state index in [1.807, 2.05) is 48.5 Å². The fourth-order valence-electron chi connectivity index (χ4n) is 8.76. The summed E-state index contributed by atoms with van der Waals surface area (Å²) in [5.41, 5.74) is 11.5. The van der Waals surface area contributed by atoms with Gasteiger partial charge >= 0.3 is 0 Å². The molecule has 4 heterocycles. The van der Waals surface area contributed by atoms with E-state index in [1.165, 1.54) is 5.39 Å². The van der Waals surface area contributed by atoms with Gasteiger partial charge in [0.1, 0.15) is 11.2 Å². The minimum absolute atomic E-state index is 0.793. The highest BCUT2D eigenvalue weighted by Crippen LogP contribution is 2.41. The highest BCUT2D eigenvalue weighted by molar-refractivity contribution is 6.17. The lowest BCUT2D eigenvalue weighted by molar-refractivity contribution is 0.669. The topological polar surface area (TPSA) is 53.7 Å². The van der Waals surface area contributed by atoms with Gasteiger partial charge in [-0.15, -0.1) is 10.2 Å². The van der Waals surface area contributed by atoms with Gasteiger partial charge in [0.25, 0.3) is 0 Å². The third-order valence-corrected chi connectivity index (χ3v) is 11.2. The summed E-state index contributed by atoms with van der Waals surface area (Å²) in [6.45, 7) is 0. The van der Waals surface area contributed by atoms with E-state index < -0.39 is 0 Å². The standard InChI is InChI=1S/C50H31N5O/c1-3-15-32(16-4-1)49-51-52-50(33-17-5-2-6-18-33)55(49)44-27-14-26-43-48(44)38-23-8-11-25-42(38)53(43)34-19-13-20-35(29-34)54-41-24-10-7-21-36(41)39-31-47-40(30-45(39)54)37-22-9-12-28-46(37)56-47/h1-31H. The normalized spacial score (nSPS) is 11.9. The molecule has 56 heavy (non-hydrogen) atoms. The SMILES string of the molecule is c1ccc(-c2nnc(-c3ccccc3)n2-c2cccc3c2c2ccccc2n3-c2cccc(-n3c4ccccc4c4cc5oc6ccccc6c5cc43)c2)cc1. The summed E-state index contributed by atoms with van der Waals surface area (Å²) in [6, 6.07) is 66.2. The van der Waals surface area contributed by atoms with E-state index in [2.05, 4.69) is 153 Å². The fraction of sp³-hybridized carbons (Fsp3) is 0. The zero-order valence-electron chi connectivity index (χ0n) is 30.0. The maximum atomic E-state index is 6.35. The van der Waals surface area contributed by atoms with Crippen molar-refractivity contribution in [3.63, 3.8) is 0 Å². The molecule has 8 aromatic carbocycles. The van der Waals surface area contributed by atoms with Crippen molar-refractivity contribution in [1.29, 1.82) is 0 Å². The van der Waals surface area contributed by atoms with Crippen LogP contribution in [0.5, 0.6) is 0 Å². The van der Waals surface area contributed by atoms with Crippen LogP contribution in [0.25, 0.3) is 105 Å². The summed E-state index contributed by atoms with van der Waals surface area (Å²) in [5, 5.41) is 16.5. The second-order valence-corrected chi connectivity index (χ2v) is 14.3. The Morgan fingerprint density at radius 2 is 0.893 bits per heavy atom. The molecule has 0 atom stereocenters. The van der Waals surface area contributed by atoms with Crippen LogP contribution in [0.2, 0.25) is 0 Å². The minimum atomic E-state index is 0.793. The van der Waals surface area contributed by atoms with E-state index in [4.69, 9.17) is 14.6 Å². The van der Waals surface area contributed by atoms with Crippen LogP contribution >= 0.6 is 0 Å². The quantitative estimate of drug-likeness (QED) is 0.178. The van der Waals surface area contributed by atoms with Crippen LogP contribution in [0.3, 0.4) is 0 Å². The number of furan rings is 1. The summed E-state index contributed by atoms with van der Waals surface area (Å²) < 4.78 is 13.4. The molecule has 0 saturated heterocycles. The molecule has 0 N–H and O–H groups in total. The molecular weight excluding hydrogens is 687 g/mol. The van der Waals surface area contributed by atoms with Crippen LogP contribution in [0.1, 0.15) is 0 Å². The van der Waals surface area contributed by atoms with E-state index in [0.29, 0.717) is 0 Å². The van der Waals surface area contributed by atoms with Crippen molar-refractivity contribution in [2.75, 3.05) is 0 Å². The number of hydrogen-bond acceptors (Lipinski definition) is 3. The van der Waals surface area contributed by atoms with Gasteiger partial charge in [-0.2, -0.15) is 0 Å². The average molecular weight is 718 g/mol. The van der Waals surface area contributed by atoms with Crippen molar-refractivity contribution in [3.8, 4) is 39.8 Å². The maximum absolute atomic E-state index is 6.35. The Morgan fingerprint density at radius 1 is 0.339 bits per heavy atom. The number of rotatable bonds is 5. The molecule has 0 aliphatic carbocycles. The predicted molar refractivity (Wildman–Crippen MR) is 228 cm³/mol. The zero-order chi connectivity index (χ0) is 36.7. The van der Waals surface area contributed by atoms with Crippen molar-refractivity contribution in [1.82, 2.24) is 23.9 Å². The Bertz CT molecular complexity index is 3420. The summed E-state index contributed by atoms with van der Waals surface area (Å²) in [6.07, 6.45) is 0. The van der Waals surface area contributed by atoms with Gasteiger partial charge in [-0.05, 0) is 60.7 Å². The van der Waals surface area contributed by atoms with Gasteiger partial charge in [0.2, 0.25) is 0 Å². The van der Waals surface area contributed by atoms with E-state index >= 15 is 0 Å². The lowest BCUT2D eigenvalue weighted by Gasteiger charge is -2.14. The van der Waals surface area contributed by atoms with Crippen LogP contribution in [-0.2, 0) is 0 Å². The van der Waals surface area contributed by atoms with Gasteiger partial charge in [-0.3, -0.25) is 4.57 Å². The molecule has 0 unspecified atom stereocenters. The lowest BCUT2D eigenvalue weighted by atomic mass is 10.1. The second-order valence-electron chi connectivity index (χ2n) is 14.3. The Labute approximate surface area is 320 Å². The number of aromatic nitrogens is 5. The van der Waals surface area contributed by atoms with Crippen LogP contribution in [0.15, 0.2) is 192 Å². The first-order chi connectivity index (χ1) is 27.8. The van der Waals surface area contributed by atoms with Gasteiger partial charge in [0.15, 0.2) is 11.6 Å². The van der Waals surface area contributed by atoms with Gasteiger partial charge in [0.05, 0.1) is 27.8 Å². The first kappa shape index (κ1) is 30.7. The van der Waals surface area contributed by atoms with Crippen LogP contribution in [0.4, 0.5) is 0 Å². The van der Waals surface area contributed by atoms with Crippen LogP contribution in [-0.4, -0.2) is 23.9 Å². The van der Waals surface area contributed by atoms with E-state index in [1.54, 1.807) is 0 Å². The number of para-hydroxylation sites is 3. The molecule has 12 aromatic rings.